The molecule has 1 aliphatic heterocycles. The summed E-state index contributed by atoms with van der Waals surface area (Å²) >= 11 is 0. The molecule has 0 saturated heterocycles. The summed E-state index contributed by atoms with van der Waals surface area (Å²) in [4.78, 5) is 24.3. The maximum Gasteiger partial charge on any atom is 0.266 e. The van der Waals surface area contributed by atoms with Crippen molar-refractivity contribution in [1.29, 1.82) is 0 Å². The molecule has 0 radical (unpaired) electrons. The first-order valence-electron chi connectivity index (χ1n) is 9.02. The SMILES string of the molecule is CC(Oc1ccc2c(c1)OCO2)C(=O)NCCn1nc(-n2cccn2)ccc1=O. The molecule has 0 fully saturated rings. The van der Waals surface area contributed by atoms with Crippen LogP contribution in [0.1, 0.15) is 6.92 Å². The van der Waals surface area contributed by atoms with E-state index >= 15 is 0 Å². The first-order chi connectivity index (χ1) is 14.1. The molecule has 1 aromatic carbocycles. The van der Waals surface area contributed by atoms with Crippen molar-refractivity contribution in [3.63, 3.8) is 0 Å². The molecule has 2 aromatic heterocycles. The Morgan fingerprint density at radius 2 is 2.14 bits per heavy atom. The van der Waals surface area contributed by atoms with E-state index in [1.165, 1.54) is 10.7 Å². The van der Waals surface area contributed by atoms with Crippen molar-refractivity contribution in [2.45, 2.75) is 19.6 Å². The molecule has 0 bridgehead atoms. The van der Waals surface area contributed by atoms with Gasteiger partial charge < -0.3 is 19.5 Å². The summed E-state index contributed by atoms with van der Waals surface area (Å²) in [6, 6.07) is 9.88. The van der Waals surface area contributed by atoms with E-state index in [4.69, 9.17) is 14.2 Å². The average Bonchev–Trinajstić information content (AvgIpc) is 3.40. The van der Waals surface area contributed by atoms with Crippen molar-refractivity contribution >= 4 is 5.91 Å². The lowest BCUT2D eigenvalue weighted by molar-refractivity contribution is -0.127. The standard InChI is InChI=1S/C19H19N5O5/c1-13(29-14-3-4-15-16(11-14)28-12-27-15)19(26)20-8-10-24-18(25)6-5-17(22-24)23-9-2-7-21-23/h2-7,9,11,13H,8,10,12H2,1H3,(H,20,26). The number of nitrogens with zero attached hydrogens (tertiary/aromatic N) is 4. The van der Waals surface area contributed by atoms with Gasteiger partial charge >= 0.3 is 0 Å². The smallest absolute Gasteiger partial charge is 0.266 e. The number of amides is 1. The maximum atomic E-state index is 12.3. The van der Waals surface area contributed by atoms with Gasteiger partial charge in [-0.2, -0.15) is 5.10 Å². The molecule has 0 aliphatic carbocycles. The number of benzene rings is 1. The number of hydrogen-bond acceptors (Lipinski definition) is 7. The van der Waals surface area contributed by atoms with Crippen LogP contribution >= 0.6 is 0 Å². The van der Waals surface area contributed by atoms with Crippen LogP contribution in [0, 0.1) is 0 Å². The lowest BCUT2D eigenvalue weighted by Crippen LogP contribution is -2.39. The van der Waals surface area contributed by atoms with E-state index in [1.807, 2.05) is 0 Å². The number of ether oxygens (including phenoxy) is 3. The molecule has 1 N–H and O–H groups in total. The van der Waals surface area contributed by atoms with Crippen LogP contribution in [0.15, 0.2) is 53.6 Å². The van der Waals surface area contributed by atoms with Crippen molar-refractivity contribution in [2.24, 2.45) is 0 Å². The molecule has 3 aromatic rings. The molecule has 1 atom stereocenters. The van der Waals surface area contributed by atoms with Crippen molar-refractivity contribution in [3.8, 4) is 23.1 Å². The molecular formula is C19H19N5O5. The Morgan fingerprint density at radius 1 is 1.28 bits per heavy atom. The minimum Gasteiger partial charge on any atom is -0.481 e. The van der Waals surface area contributed by atoms with Gasteiger partial charge in [-0.15, -0.1) is 5.10 Å². The molecule has 4 rings (SSSR count). The molecule has 29 heavy (non-hydrogen) atoms. The Labute approximate surface area is 165 Å². The van der Waals surface area contributed by atoms with Gasteiger partial charge in [0, 0.05) is 31.1 Å². The van der Waals surface area contributed by atoms with Gasteiger partial charge in [0.25, 0.3) is 11.5 Å². The monoisotopic (exact) mass is 397 g/mol. The topological polar surface area (TPSA) is 110 Å². The lowest BCUT2D eigenvalue weighted by atomic mass is 10.3. The number of nitrogens with one attached hydrogen (secondary N) is 1. The summed E-state index contributed by atoms with van der Waals surface area (Å²) in [5.74, 6) is 1.93. The van der Waals surface area contributed by atoms with Crippen molar-refractivity contribution in [1.82, 2.24) is 24.9 Å². The molecule has 10 heteroatoms. The third-order valence-electron chi connectivity index (χ3n) is 4.24. The minimum atomic E-state index is -0.726. The Hall–Kier alpha value is -3.82. The minimum absolute atomic E-state index is 0.170. The van der Waals surface area contributed by atoms with Crippen LogP contribution in [-0.4, -0.2) is 44.9 Å². The molecule has 1 unspecified atom stereocenters. The van der Waals surface area contributed by atoms with Gasteiger partial charge in [-0.25, -0.2) is 9.36 Å². The second-order valence-electron chi connectivity index (χ2n) is 6.27. The zero-order chi connectivity index (χ0) is 20.2. The van der Waals surface area contributed by atoms with Gasteiger partial charge in [-0.1, -0.05) is 0 Å². The fourth-order valence-electron chi connectivity index (χ4n) is 2.76. The predicted octanol–water partition coefficient (Wildman–Crippen LogP) is 0.741. The second kappa shape index (κ2) is 8.05. The first-order valence-corrected chi connectivity index (χ1v) is 9.02. The highest BCUT2D eigenvalue weighted by molar-refractivity contribution is 5.80. The van der Waals surface area contributed by atoms with Crippen LogP contribution in [0.3, 0.4) is 0 Å². The number of carbonyl (C=O) groups excluding carboxylic acids is 1. The normalized spacial score (nSPS) is 13.1. The maximum absolute atomic E-state index is 12.3. The Kier molecular flexibility index (Phi) is 5.14. The summed E-state index contributed by atoms with van der Waals surface area (Å²) in [7, 11) is 0. The van der Waals surface area contributed by atoms with E-state index in [-0.39, 0.29) is 31.3 Å². The molecule has 0 spiro atoms. The summed E-state index contributed by atoms with van der Waals surface area (Å²) in [6.45, 7) is 2.26. The number of hydrogen-bond donors (Lipinski definition) is 1. The van der Waals surface area contributed by atoms with E-state index in [1.54, 1.807) is 54.3 Å². The van der Waals surface area contributed by atoms with Crippen LogP contribution in [-0.2, 0) is 11.3 Å². The van der Waals surface area contributed by atoms with E-state index in [0.717, 1.165) is 0 Å². The van der Waals surface area contributed by atoms with Crippen molar-refractivity contribution in [3.05, 3.63) is 59.1 Å². The predicted molar refractivity (Wildman–Crippen MR) is 101 cm³/mol. The van der Waals surface area contributed by atoms with E-state index < -0.39 is 6.10 Å². The fraction of sp³-hybridized carbons (Fsp3) is 0.263. The zero-order valence-electron chi connectivity index (χ0n) is 15.6. The van der Waals surface area contributed by atoms with Crippen LogP contribution in [0.4, 0.5) is 0 Å². The van der Waals surface area contributed by atoms with Crippen molar-refractivity contribution in [2.75, 3.05) is 13.3 Å². The number of rotatable bonds is 7. The third kappa shape index (κ3) is 4.21. The molecule has 1 amide bonds. The van der Waals surface area contributed by atoms with Gasteiger partial charge in [0.15, 0.2) is 23.4 Å². The van der Waals surface area contributed by atoms with Gasteiger partial charge in [-0.3, -0.25) is 9.59 Å². The quantitative estimate of drug-likeness (QED) is 0.626. The molecule has 10 nitrogen and oxygen atoms in total. The molecule has 150 valence electrons. The van der Waals surface area contributed by atoms with E-state index in [9.17, 15) is 9.59 Å². The fourth-order valence-corrected chi connectivity index (χ4v) is 2.76. The highest BCUT2D eigenvalue weighted by Gasteiger charge is 2.18. The molecule has 1 aliphatic rings. The largest absolute Gasteiger partial charge is 0.481 e. The average molecular weight is 397 g/mol. The zero-order valence-corrected chi connectivity index (χ0v) is 15.6. The first kappa shape index (κ1) is 18.5. The van der Waals surface area contributed by atoms with Crippen molar-refractivity contribution < 1.29 is 19.0 Å². The molecule has 3 heterocycles. The van der Waals surface area contributed by atoms with Crippen LogP contribution in [0.5, 0.6) is 17.2 Å². The molecular weight excluding hydrogens is 378 g/mol. The van der Waals surface area contributed by atoms with Gasteiger partial charge in [-0.05, 0) is 31.2 Å². The molecule has 0 saturated carbocycles. The summed E-state index contributed by atoms with van der Waals surface area (Å²) in [6.07, 6.45) is 2.63. The summed E-state index contributed by atoms with van der Waals surface area (Å²) < 4.78 is 19.0. The van der Waals surface area contributed by atoms with E-state index in [2.05, 4.69) is 15.5 Å². The highest BCUT2D eigenvalue weighted by Crippen LogP contribution is 2.35. The lowest BCUT2D eigenvalue weighted by Gasteiger charge is -2.15. The Balaban J connectivity index is 1.32. The summed E-state index contributed by atoms with van der Waals surface area (Å²) in [5, 5.41) is 11.1. The van der Waals surface area contributed by atoms with Gasteiger partial charge in [0.2, 0.25) is 6.79 Å². The van der Waals surface area contributed by atoms with Gasteiger partial charge in [0.1, 0.15) is 5.75 Å². The van der Waals surface area contributed by atoms with Crippen LogP contribution in [0.25, 0.3) is 5.82 Å². The number of carbonyl (C=O) groups is 1. The third-order valence-corrected chi connectivity index (χ3v) is 4.24. The second-order valence-corrected chi connectivity index (χ2v) is 6.27. The van der Waals surface area contributed by atoms with Crippen LogP contribution in [0.2, 0.25) is 0 Å². The van der Waals surface area contributed by atoms with Gasteiger partial charge in [0.05, 0.1) is 6.54 Å². The van der Waals surface area contributed by atoms with Crippen LogP contribution < -0.4 is 25.1 Å². The summed E-state index contributed by atoms with van der Waals surface area (Å²) in [5.41, 5.74) is -0.264. The number of fused-ring (bicyclic) bond motifs is 1. The Bertz CT molecular complexity index is 1060. The highest BCUT2D eigenvalue weighted by atomic mass is 16.7. The number of aromatic nitrogens is 4. The van der Waals surface area contributed by atoms with E-state index in [0.29, 0.717) is 23.1 Å². The Morgan fingerprint density at radius 3 is 2.97 bits per heavy atom.